The van der Waals surface area contributed by atoms with Gasteiger partial charge in [-0.2, -0.15) is 16.8 Å². The Balaban J connectivity index is 1.30. The van der Waals surface area contributed by atoms with Gasteiger partial charge in [0.1, 0.15) is 17.3 Å². The lowest BCUT2D eigenvalue weighted by atomic mass is 9.79. The zero-order valence-electron chi connectivity index (χ0n) is 34.1. The summed E-state index contributed by atoms with van der Waals surface area (Å²) in [4.78, 5) is 52.4. The first-order valence-corrected chi connectivity index (χ1v) is 23.1. The number of imide groups is 1. The molecule has 0 atom stereocenters. The van der Waals surface area contributed by atoms with Crippen LogP contribution in [0.25, 0.3) is 16.7 Å². The van der Waals surface area contributed by atoms with Crippen LogP contribution in [0.5, 0.6) is 11.5 Å². The molecule has 1 aromatic heterocycles. The second kappa shape index (κ2) is 14.8. The van der Waals surface area contributed by atoms with Crippen LogP contribution in [-0.2, 0) is 52.4 Å². The normalized spacial score (nSPS) is 18.8. The van der Waals surface area contributed by atoms with Gasteiger partial charge in [0.05, 0.1) is 22.1 Å². The average Bonchev–Trinajstić information content (AvgIpc) is 3.74. The molecule has 8 rings (SSSR count). The first kappa shape index (κ1) is 41.6. The SMILES string of the molecule is CCC1=CC(C)(C)N2CCCc3c4c(cc1c32)C(c1nccn1CCCCCC(=O)ON1C(=O)CCC1=O)=c1cc2c(c(S(=O)(=O)O)c1O4)=NC(C)(C)C=C2CS(=O)(=O)O. The minimum atomic E-state index is -5.11. The molecular weight excluding hydrogens is 815 g/mol. The molecule has 60 heavy (non-hydrogen) atoms. The minimum absolute atomic E-state index is 0.00581. The van der Waals surface area contributed by atoms with Crippen molar-refractivity contribution >= 4 is 60.4 Å². The van der Waals surface area contributed by atoms with Crippen molar-refractivity contribution < 1.29 is 49.9 Å². The molecule has 3 aromatic rings. The number of allylic oxidation sites excluding steroid dienone is 1. The maximum atomic E-state index is 13.7. The topological polar surface area (TPSA) is 215 Å². The van der Waals surface area contributed by atoms with Crippen molar-refractivity contribution in [1.29, 1.82) is 0 Å². The first-order valence-electron chi connectivity index (χ1n) is 20.1. The summed E-state index contributed by atoms with van der Waals surface area (Å²) in [6.45, 7) is 10.9. The third kappa shape index (κ3) is 7.47. The predicted molar refractivity (Wildman–Crippen MR) is 220 cm³/mol. The van der Waals surface area contributed by atoms with Crippen molar-refractivity contribution in [3.8, 4) is 11.5 Å². The maximum Gasteiger partial charge on any atom is 0.333 e. The Morgan fingerprint density at radius 3 is 2.33 bits per heavy atom. The highest BCUT2D eigenvalue weighted by molar-refractivity contribution is 7.86. The number of aromatic nitrogens is 2. The number of imidazole rings is 1. The summed E-state index contributed by atoms with van der Waals surface area (Å²) in [6, 6.07) is 3.65. The largest absolute Gasteiger partial charge is 0.454 e. The molecule has 5 aliphatic heterocycles. The molecule has 0 radical (unpaired) electrons. The zero-order chi connectivity index (χ0) is 43.1. The Hall–Kier alpha value is -5.17. The van der Waals surface area contributed by atoms with Gasteiger partial charge in [-0.25, -0.2) is 9.78 Å². The molecule has 0 unspecified atom stereocenters. The highest BCUT2D eigenvalue weighted by atomic mass is 32.2. The maximum absolute atomic E-state index is 13.7. The van der Waals surface area contributed by atoms with Crippen LogP contribution in [0.15, 0.2) is 46.6 Å². The van der Waals surface area contributed by atoms with Crippen molar-refractivity contribution in [2.75, 3.05) is 17.2 Å². The molecule has 1 saturated heterocycles. The van der Waals surface area contributed by atoms with Crippen molar-refractivity contribution in [2.45, 2.75) is 115 Å². The number of carbonyl (C=O) groups excluding carboxylic acids is 3. The van der Waals surface area contributed by atoms with E-state index in [1.54, 1.807) is 38.4 Å². The number of carbonyl (C=O) groups is 3. The summed E-state index contributed by atoms with van der Waals surface area (Å²) in [7, 11) is -9.73. The molecule has 2 N–H and O–H groups in total. The van der Waals surface area contributed by atoms with Crippen molar-refractivity contribution in [3.05, 3.63) is 75.3 Å². The lowest BCUT2D eigenvalue weighted by molar-refractivity contribution is -0.197. The van der Waals surface area contributed by atoms with E-state index in [-0.39, 0.29) is 52.3 Å². The lowest BCUT2D eigenvalue weighted by Gasteiger charge is -2.47. The standard InChI is InChI=1S/C42H47N5O11S2/c1-6-24-22-42(4,5)46-17-10-11-26-36(46)28(24)20-29-34(40-43-15-18-45(40)16-9-7-8-12-33(50)58-47-31(48)13-14-32(47)49)30-19-27-25(23-59(51,52)53)21-41(2,3)44-35(27)39(60(54,55)56)38(30)57-37(26)29/h15,18-22H,6-14,16-17,23H2,1-5H3,(H,51,52,53)(H,54,55,56). The van der Waals surface area contributed by atoms with Gasteiger partial charge in [-0.1, -0.05) is 25.5 Å². The van der Waals surface area contributed by atoms with E-state index >= 15 is 0 Å². The number of anilines is 1. The fourth-order valence-corrected chi connectivity index (χ4v) is 10.6. The second-order valence-electron chi connectivity index (χ2n) is 17.0. The zero-order valence-corrected chi connectivity index (χ0v) is 35.7. The molecule has 5 aliphatic rings. The molecule has 0 spiro atoms. The van der Waals surface area contributed by atoms with Crippen LogP contribution < -0.4 is 20.2 Å². The van der Waals surface area contributed by atoms with Gasteiger partial charge in [-0.3, -0.25) is 23.7 Å². The van der Waals surface area contributed by atoms with Crippen LogP contribution in [0.2, 0.25) is 0 Å². The highest BCUT2D eigenvalue weighted by Crippen LogP contribution is 2.52. The quantitative estimate of drug-likeness (QED) is 0.113. The smallest absolute Gasteiger partial charge is 0.333 e. The predicted octanol–water partition coefficient (Wildman–Crippen LogP) is 4.67. The molecule has 0 aliphatic carbocycles. The fourth-order valence-electron chi connectivity index (χ4n) is 9.17. The Morgan fingerprint density at radius 2 is 1.65 bits per heavy atom. The second-order valence-corrected chi connectivity index (χ2v) is 19.8. The number of rotatable bonds is 12. The molecule has 18 heteroatoms. The van der Waals surface area contributed by atoms with Crippen molar-refractivity contribution in [1.82, 2.24) is 14.6 Å². The summed E-state index contributed by atoms with van der Waals surface area (Å²) in [6.07, 6.45) is 10.9. The summed E-state index contributed by atoms with van der Waals surface area (Å²) in [5.41, 5.74) is 3.88. The van der Waals surface area contributed by atoms with Crippen LogP contribution in [-0.4, -0.2) is 81.7 Å². The summed E-state index contributed by atoms with van der Waals surface area (Å²) in [5, 5.41) is 0.575. The lowest BCUT2D eigenvalue weighted by Crippen LogP contribution is -2.48. The molecule has 16 nitrogen and oxygen atoms in total. The molecule has 1 fully saturated rings. The first-order chi connectivity index (χ1) is 28.2. The van der Waals surface area contributed by atoms with E-state index in [9.17, 15) is 40.3 Å². The number of nitrogens with zero attached hydrogens (tertiary/aromatic N) is 5. The van der Waals surface area contributed by atoms with E-state index in [1.807, 2.05) is 10.6 Å². The van der Waals surface area contributed by atoms with Gasteiger partial charge in [0.15, 0.2) is 10.6 Å². The summed E-state index contributed by atoms with van der Waals surface area (Å²) < 4.78 is 81.9. The van der Waals surface area contributed by atoms with Crippen LogP contribution in [0.1, 0.15) is 114 Å². The molecule has 0 saturated carbocycles. The Morgan fingerprint density at radius 1 is 0.917 bits per heavy atom. The van der Waals surface area contributed by atoms with Gasteiger partial charge < -0.3 is 19.0 Å². The van der Waals surface area contributed by atoms with Crippen LogP contribution >= 0.6 is 0 Å². The van der Waals surface area contributed by atoms with E-state index in [0.717, 1.165) is 41.8 Å². The number of benzene rings is 2. The average molecular weight is 862 g/mol. The molecule has 2 amide bonds. The molecule has 318 valence electrons. The van der Waals surface area contributed by atoms with Crippen LogP contribution in [0, 0.1) is 0 Å². The monoisotopic (exact) mass is 861 g/mol. The van der Waals surface area contributed by atoms with E-state index < -0.39 is 54.2 Å². The van der Waals surface area contributed by atoms with Crippen molar-refractivity contribution in [2.24, 2.45) is 4.99 Å². The number of unbranched alkanes of at least 4 members (excludes halogenated alkanes) is 2. The number of aryl methyl sites for hydroxylation is 1. The highest BCUT2D eigenvalue weighted by Gasteiger charge is 2.41. The number of hydrogen-bond acceptors (Lipinski definition) is 12. The van der Waals surface area contributed by atoms with Crippen molar-refractivity contribution in [3.63, 3.8) is 0 Å². The Bertz CT molecular complexity index is 2800. The van der Waals surface area contributed by atoms with Gasteiger partial charge in [0, 0.05) is 77.8 Å². The number of fused-ring (bicyclic) bond motifs is 4. The van der Waals surface area contributed by atoms with Gasteiger partial charge in [0.25, 0.3) is 32.1 Å². The van der Waals surface area contributed by atoms with Gasteiger partial charge >= 0.3 is 5.97 Å². The van der Waals surface area contributed by atoms with Gasteiger partial charge in [0.2, 0.25) is 0 Å². The summed E-state index contributed by atoms with van der Waals surface area (Å²) in [5.74, 6) is -1.92. The van der Waals surface area contributed by atoms with Gasteiger partial charge in [-0.15, -0.1) is 5.06 Å². The third-order valence-corrected chi connectivity index (χ3v) is 13.2. The number of ether oxygens (including phenoxy) is 1. The number of hydrogen-bond donors (Lipinski definition) is 2. The number of amides is 2. The fraction of sp³-hybridized carbons (Fsp3) is 0.452. The van der Waals surface area contributed by atoms with E-state index in [0.29, 0.717) is 60.0 Å². The molecule has 0 bridgehead atoms. The van der Waals surface area contributed by atoms with Crippen LogP contribution in [0.3, 0.4) is 0 Å². The summed E-state index contributed by atoms with van der Waals surface area (Å²) >= 11 is 0. The van der Waals surface area contributed by atoms with E-state index in [4.69, 9.17) is 14.6 Å². The Labute approximate surface area is 347 Å². The minimum Gasteiger partial charge on any atom is -0.454 e. The number of hydroxylamine groups is 2. The molecular formula is C42H47N5O11S2. The van der Waals surface area contributed by atoms with Crippen LogP contribution in [0.4, 0.5) is 5.69 Å². The van der Waals surface area contributed by atoms with Gasteiger partial charge in [-0.05, 0) is 83.1 Å². The van der Waals surface area contributed by atoms with E-state index in [2.05, 4.69) is 36.7 Å². The molecule has 6 heterocycles. The third-order valence-electron chi connectivity index (χ3n) is 11.6. The Kier molecular flexibility index (Phi) is 10.2. The van der Waals surface area contributed by atoms with E-state index in [1.165, 1.54) is 0 Å². The molecule has 2 aromatic carbocycles.